The summed E-state index contributed by atoms with van der Waals surface area (Å²) in [5.74, 6) is 0.951. The van der Waals surface area contributed by atoms with Crippen molar-refractivity contribution in [2.24, 2.45) is 0 Å². The van der Waals surface area contributed by atoms with Crippen molar-refractivity contribution in [3.63, 3.8) is 0 Å². The van der Waals surface area contributed by atoms with E-state index in [0.29, 0.717) is 11.5 Å². The number of rotatable bonds is 6. The molecule has 0 bridgehead atoms. The highest BCUT2D eigenvalue weighted by atomic mass is 16.5. The first-order chi connectivity index (χ1) is 13.6. The van der Waals surface area contributed by atoms with E-state index in [1.807, 2.05) is 18.2 Å². The summed E-state index contributed by atoms with van der Waals surface area (Å²) in [6, 6.07) is 12.3. The summed E-state index contributed by atoms with van der Waals surface area (Å²) >= 11 is 0. The van der Waals surface area contributed by atoms with E-state index < -0.39 is 0 Å². The van der Waals surface area contributed by atoms with Crippen molar-refractivity contribution < 1.29 is 14.3 Å². The Morgan fingerprint density at radius 2 is 2.04 bits per heavy atom. The summed E-state index contributed by atoms with van der Waals surface area (Å²) in [6.07, 6.45) is 4.71. The second-order valence-electron chi connectivity index (χ2n) is 8.05. The summed E-state index contributed by atoms with van der Waals surface area (Å²) < 4.78 is 5.56. The van der Waals surface area contributed by atoms with Crippen molar-refractivity contribution >= 4 is 11.6 Å². The lowest BCUT2D eigenvalue weighted by molar-refractivity contribution is -0.114. The van der Waals surface area contributed by atoms with Crippen LogP contribution in [-0.4, -0.2) is 43.7 Å². The summed E-state index contributed by atoms with van der Waals surface area (Å²) in [6.45, 7) is 1.98. The van der Waals surface area contributed by atoms with Gasteiger partial charge in [0.2, 0.25) is 11.6 Å². The minimum Gasteiger partial charge on any atom is -0.496 e. The van der Waals surface area contributed by atoms with Crippen LogP contribution in [0.15, 0.2) is 36.4 Å². The highest BCUT2D eigenvalue weighted by Gasteiger charge is 2.28. The molecule has 2 aromatic carbocycles. The molecule has 2 aliphatic rings. The number of Topliss-reactive ketones (excluding diaryl/α,β-unsaturated/α-hetero) is 2. The number of likely N-dealkylation sites (N-methyl/N-ethyl adjacent to an activating group) is 1. The average Bonchev–Trinajstić information content (AvgIpc) is 2.99. The fourth-order valence-corrected chi connectivity index (χ4v) is 4.66. The van der Waals surface area contributed by atoms with Crippen LogP contribution in [0.4, 0.5) is 0 Å². The van der Waals surface area contributed by atoms with Gasteiger partial charge in [0.25, 0.3) is 0 Å². The van der Waals surface area contributed by atoms with Gasteiger partial charge in [0, 0.05) is 25.1 Å². The molecule has 0 heterocycles. The first kappa shape index (κ1) is 18.9. The van der Waals surface area contributed by atoms with Gasteiger partial charge in [-0.25, -0.2) is 0 Å². The third-order valence-electron chi connectivity index (χ3n) is 6.14. The zero-order valence-electron chi connectivity index (χ0n) is 16.7. The zero-order chi connectivity index (χ0) is 19.7. The van der Waals surface area contributed by atoms with Gasteiger partial charge < -0.3 is 9.64 Å². The van der Waals surface area contributed by atoms with Gasteiger partial charge in [-0.2, -0.15) is 0 Å². The van der Waals surface area contributed by atoms with Crippen LogP contribution in [-0.2, 0) is 24.1 Å². The fraction of sp³-hybridized carbons (Fsp3) is 0.417. The smallest absolute Gasteiger partial charge is 0.229 e. The molecule has 0 fully saturated rings. The van der Waals surface area contributed by atoms with Crippen molar-refractivity contribution in [3.05, 3.63) is 64.2 Å². The minimum absolute atomic E-state index is 0.262. The van der Waals surface area contributed by atoms with E-state index in [9.17, 15) is 9.59 Å². The summed E-state index contributed by atoms with van der Waals surface area (Å²) in [7, 11) is 3.93. The molecule has 0 N–H and O–H groups in total. The third kappa shape index (κ3) is 3.61. The Morgan fingerprint density at radius 1 is 1.18 bits per heavy atom. The number of hydrogen-bond acceptors (Lipinski definition) is 4. The van der Waals surface area contributed by atoms with Crippen molar-refractivity contribution in [2.45, 2.75) is 38.0 Å². The van der Waals surface area contributed by atoms with E-state index in [1.54, 1.807) is 7.11 Å². The van der Waals surface area contributed by atoms with Crippen LogP contribution in [0.5, 0.6) is 5.75 Å². The van der Waals surface area contributed by atoms with Crippen molar-refractivity contribution in [1.29, 1.82) is 0 Å². The maximum Gasteiger partial charge on any atom is 0.229 e. The molecule has 1 unspecified atom stereocenters. The Balaban J connectivity index is 1.39. The number of methoxy groups -OCH3 is 1. The molecule has 0 radical (unpaired) electrons. The van der Waals surface area contributed by atoms with Crippen LogP contribution >= 0.6 is 0 Å². The average molecular weight is 377 g/mol. The van der Waals surface area contributed by atoms with E-state index in [4.69, 9.17) is 4.74 Å². The van der Waals surface area contributed by atoms with Crippen molar-refractivity contribution in [2.75, 3.05) is 27.2 Å². The Kier molecular flexibility index (Phi) is 5.31. The van der Waals surface area contributed by atoms with Crippen LogP contribution in [0.2, 0.25) is 0 Å². The van der Waals surface area contributed by atoms with Crippen LogP contribution < -0.4 is 4.74 Å². The fourth-order valence-electron chi connectivity index (χ4n) is 4.66. The molecule has 0 spiro atoms. The molecule has 0 aliphatic heterocycles. The molecule has 28 heavy (non-hydrogen) atoms. The lowest BCUT2D eigenvalue weighted by atomic mass is 9.82. The van der Waals surface area contributed by atoms with E-state index in [0.717, 1.165) is 37.2 Å². The zero-order valence-corrected chi connectivity index (χ0v) is 16.7. The SMILES string of the molecule is COc1cccc2c1CCCC2CN(C)CCc1ccc2c(c1)CC(=O)C2=O. The Hall–Kier alpha value is -2.46. The number of carbonyl (C=O) groups is 2. The Bertz CT molecular complexity index is 918. The van der Waals surface area contributed by atoms with Crippen molar-refractivity contribution in [3.8, 4) is 5.75 Å². The molecular formula is C24H27NO3. The number of ether oxygens (including phenoxy) is 1. The van der Waals surface area contributed by atoms with E-state index in [1.165, 1.54) is 29.5 Å². The lowest BCUT2D eigenvalue weighted by Gasteiger charge is -2.30. The summed E-state index contributed by atoms with van der Waals surface area (Å²) in [5.41, 5.74) is 5.49. The molecule has 2 aliphatic carbocycles. The molecule has 146 valence electrons. The quantitative estimate of drug-likeness (QED) is 0.722. The van der Waals surface area contributed by atoms with E-state index in [-0.39, 0.29) is 18.0 Å². The lowest BCUT2D eigenvalue weighted by Crippen LogP contribution is -2.28. The topological polar surface area (TPSA) is 46.6 Å². The highest BCUT2D eigenvalue weighted by Crippen LogP contribution is 2.36. The molecule has 0 amide bonds. The summed E-state index contributed by atoms with van der Waals surface area (Å²) in [5, 5.41) is 0. The third-order valence-corrected chi connectivity index (χ3v) is 6.14. The van der Waals surface area contributed by atoms with E-state index >= 15 is 0 Å². The first-order valence-corrected chi connectivity index (χ1v) is 10.1. The predicted octanol–water partition coefficient (Wildman–Crippen LogP) is 3.60. The normalized spacial score (nSPS) is 18.3. The van der Waals surface area contributed by atoms with Gasteiger partial charge in [-0.05, 0) is 67.0 Å². The molecular weight excluding hydrogens is 350 g/mol. The van der Waals surface area contributed by atoms with Gasteiger partial charge in [-0.3, -0.25) is 9.59 Å². The molecule has 4 nitrogen and oxygen atoms in total. The number of hydrogen-bond donors (Lipinski definition) is 0. The van der Waals surface area contributed by atoms with Crippen LogP contribution in [0.1, 0.15) is 51.4 Å². The number of fused-ring (bicyclic) bond motifs is 2. The van der Waals surface area contributed by atoms with Gasteiger partial charge in [0.05, 0.1) is 7.11 Å². The van der Waals surface area contributed by atoms with Crippen LogP contribution in [0, 0.1) is 0 Å². The van der Waals surface area contributed by atoms with Crippen LogP contribution in [0.3, 0.4) is 0 Å². The highest BCUT2D eigenvalue weighted by molar-refractivity contribution is 6.47. The maximum absolute atomic E-state index is 11.8. The largest absolute Gasteiger partial charge is 0.496 e. The molecule has 4 heteroatoms. The van der Waals surface area contributed by atoms with Gasteiger partial charge in [-0.15, -0.1) is 0 Å². The number of nitrogens with zero attached hydrogens (tertiary/aromatic N) is 1. The standard InChI is InChI=1S/C24H27NO3/c1-25(12-11-16-9-10-20-18(13-16)14-22(26)24(20)27)15-17-5-3-7-21-19(17)6-4-8-23(21)28-2/h4,6,8-10,13,17H,3,5,7,11-12,14-15H2,1-2H3. The van der Waals surface area contributed by atoms with Gasteiger partial charge in [0.15, 0.2) is 0 Å². The Morgan fingerprint density at radius 3 is 2.86 bits per heavy atom. The number of ketones is 2. The molecule has 4 rings (SSSR count). The molecule has 0 saturated heterocycles. The molecule has 2 aromatic rings. The molecule has 0 saturated carbocycles. The molecule has 1 atom stereocenters. The minimum atomic E-state index is -0.329. The number of carbonyl (C=O) groups excluding carboxylic acids is 2. The maximum atomic E-state index is 11.8. The second-order valence-corrected chi connectivity index (χ2v) is 8.05. The van der Waals surface area contributed by atoms with Gasteiger partial charge in [-0.1, -0.05) is 30.3 Å². The number of benzene rings is 2. The van der Waals surface area contributed by atoms with Gasteiger partial charge >= 0.3 is 0 Å². The van der Waals surface area contributed by atoms with Crippen molar-refractivity contribution in [1.82, 2.24) is 4.90 Å². The van der Waals surface area contributed by atoms with E-state index in [2.05, 4.69) is 30.1 Å². The van der Waals surface area contributed by atoms with Gasteiger partial charge in [0.1, 0.15) is 5.75 Å². The summed E-state index contributed by atoms with van der Waals surface area (Å²) in [4.78, 5) is 25.8. The first-order valence-electron chi connectivity index (χ1n) is 10.1. The molecule has 0 aromatic heterocycles. The second kappa shape index (κ2) is 7.88. The predicted molar refractivity (Wildman–Crippen MR) is 109 cm³/mol. The monoisotopic (exact) mass is 377 g/mol. The Labute approximate surface area is 166 Å². The van der Waals surface area contributed by atoms with Crippen LogP contribution in [0.25, 0.3) is 0 Å².